The van der Waals surface area contributed by atoms with E-state index in [0.717, 1.165) is 17.8 Å². The summed E-state index contributed by atoms with van der Waals surface area (Å²) in [7, 11) is 1.15. The SMILES string of the molecule is C=C[C@H](NC(=O)c1cc(C(F)(F)F)nn1C)C(=O)O. The zero-order valence-corrected chi connectivity index (χ0v) is 9.73. The molecule has 9 heteroatoms. The second-order valence-corrected chi connectivity index (χ2v) is 3.56. The maximum Gasteiger partial charge on any atom is 0.435 e. The highest BCUT2D eigenvalue weighted by Gasteiger charge is 2.35. The van der Waals surface area contributed by atoms with Gasteiger partial charge >= 0.3 is 12.1 Å². The van der Waals surface area contributed by atoms with Crippen molar-refractivity contribution in [1.29, 1.82) is 0 Å². The molecule has 0 saturated heterocycles. The van der Waals surface area contributed by atoms with Gasteiger partial charge in [-0.25, -0.2) is 4.79 Å². The molecular weight excluding hydrogens is 267 g/mol. The van der Waals surface area contributed by atoms with E-state index in [1.54, 1.807) is 0 Å². The van der Waals surface area contributed by atoms with E-state index in [2.05, 4.69) is 11.7 Å². The topological polar surface area (TPSA) is 84.2 Å². The monoisotopic (exact) mass is 277 g/mol. The molecule has 1 amide bonds. The van der Waals surface area contributed by atoms with Crippen molar-refractivity contribution in [1.82, 2.24) is 15.1 Å². The summed E-state index contributed by atoms with van der Waals surface area (Å²) in [5, 5.41) is 13.8. The number of nitrogens with one attached hydrogen (secondary N) is 1. The minimum absolute atomic E-state index is 0.402. The van der Waals surface area contributed by atoms with Crippen LogP contribution in [0.1, 0.15) is 16.2 Å². The number of carbonyl (C=O) groups is 2. The fraction of sp³-hybridized carbons (Fsp3) is 0.300. The Morgan fingerprint density at radius 3 is 2.53 bits per heavy atom. The van der Waals surface area contributed by atoms with Crippen LogP contribution in [0, 0.1) is 0 Å². The molecule has 0 radical (unpaired) electrons. The molecule has 0 aliphatic carbocycles. The van der Waals surface area contributed by atoms with Crippen LogP contribution in [-0.2, 0) is 18.0 Å². The normalized spacial score (nSPS) is 12.8. The van der Waals surface area contributed by atoms with Crippen LogP contribution in [0.25, 0.3) is 0 Å². The van der Waals surface area contributed by atoms with E-state index in [-0.39, 0.29) is 0 Å². The first kappa shape index (κ1) is 14.7. The van der Waals surface area contributed by atoms with Gasteiger partial charge in [-0.2, -0.15) is 18.3 Å². The first-order valence-corrected chi connectivity index (χ1v) is 4.94. The molecule has 1 aromatic rings. The standard InChI is InChI=1S/C10H10F3N3O3/c1-3-5(9(18)19)14-8(17)6-4-7(10(11,12)13)15-16(6)2/h3-5H,1H2,2H3,(H,14,17)(H,18,19)/t5-/m0/s1. The average Bonchev–Trinajstić information content (AvgIpc) is 2.67. The smallest absolute Gasteiger partial charge is 0.435 e. The molecule has 104 valence electrons. The summed E-state index contributed by atoms with van der Waals surface area (Å²) in [4.78, 5) is 22.3. The van der Waals surface area contributed by atoms with Crippen LogP contribution >= 0.6 is 0 Å². The van der Waals surface area contributed by atoms with Gasteiger partial charge in [-0.05, 0) is 0 Å². The molecule has 2 N–H and O–H groups in total. The predicted molar refractivity (Wildman–Crippen MR) is 57.3 cm³/mol. The molecule has 6 nitrogen and oxygen atoms in total. The number of nitrogens with zero attached hydrogens (tertiary/aromatic N) is 2. The number of aromatic nitrogens is 2. The molecule has 0 spiro atoms. The Morgan fingerprint density at radius 1 is 1.58 bits per heavy atom. The van der Waals surface area contributed by atoms with Crippen LogP contribution in [0.4, 0.5) is 13.2 Å². The lowest BCUT2D eigenvalue weighted by Gasteiger charge is -2.09. The lowest BCUT2D eigenvalue weighted by atomic mass is 10.2. The van der Waals surface area contributed by atoms with Gasteiger partial charge in [-0.1, -0.05) is 6.08 Å². The molecule has 1 rings (SSSR count). The van der Waals surface area contributed by atoms with Gasteiger partial charge in [-0.3, -0.25) is 9.48 Å². The molecule has 0 aliphatic rings. The summed E-state index contributed by atoms with van der Waals surface area (Å²) < 4.78 is 37.9. The maximum absolute atomic E-state index is 12.4. The van der Waals surface area contributed by atoms with Crippen LogP contribution in [0.5, 0.6) is 0 Å². The Morgan fingerprint density at radius 2 is 2.16 bits per heavy atom. The highest BCUT2D eigenvalue weighted by Crippen LogP contribution is 2.28. The van der Waals surface area contributed by atoms with Crippen LogP contribution in [0.3, 0.4) is 0 Å². The third-order valence-electron chi connectivity index (χ3n) is 2.19. The fourth-order valence-corrected chi connectivity index (χ4v) is 1.25. The van der Waals surface area contributed by atoms with Crippen molar-refractivity contribution >= 4 is 11.9 Å². The number of carbonyl (C=O) groups excluding carboxylic acids is 1. The van der Waals surface area contributed by atoms with E-state index in [9.17, 15) is 22.8 Å². The number of carboxylic acids is 1. The summed E-state index contributed by atoms with van der Waals surface area (Å²) >= 11 is 0. The van der Waals surface area contributed by atoms with Gasteiger partial charge in [0.25, 0.3) is 5.91 Å². The van der Waals surface area contributed by atoms with E-state index >= 15 is 0 Å². The molecule has 0 saturated carbocycles. The number of carboxylic acid groups (broad SMARTS) is 1. The first-order valence-electron chi connectivity index (χ1n) is 4.94. The molecule has 0 unspecified atom stereocenters. The third kappa shape index (κ3) is 3.33. The average molecular weight is 277 g/mol. The summed E-state index contributed by atoms with van der Waals surface area (Å²) in [5.41, 5.74) is -1.63. The Labute approximate surface area is 105 Å². The number of aryl methyl sites for hydroxylation is 1. The molecule has 1 atom stereocenters. The Balaban J connectivity index is 2.98. The number of aliphatic carboxylic acids is 1. The van der Waals surface area contributed by atoms with Gasteiger partial charge in [0.1, 0.15) is 11.7 Å². The zero-order chi connectivity index (χ0) is 14.8. The summed E-state index contributed by atoms with van der Waals surface area (Å²) in [5.74, 6) is -2.36. The van der Waals surface area contributed by atoms with Crippen LogP contribution < -0.4 is 5.32 Å². The zero-order valence-electron chi connectivity index (χ0n) is 9.73. The second-order valence-electron chi connectivity index (χ2n) is 3.56. The predicted octanol–water partition coefficient (Wildman–Crippen LogP) is 0.808. The van der Waals surface area contributed by atoms with Gasteiger partial charge in [0.2, 0.25) is 0 Å². The van der Waals surface area contributed by atoms with Gasteiger partial charge in [-0.15, -0.1) is 6.58 Å². The summed E-state index contributed by atoms with van der Waals surface area (Å²) in [6, 6.07) is -0.853. The number of hydrogen-bond acceptors (Lipinski definition) is 3. The first-order chi connectivity index (χ1) is 8.66. The van der Waals surface area contributed by atoms with Gasteiger partial charge in [0, 0.05) is 13.1 Å². The molecule has 1 heterocycles. The summed E-state index contributed by atoms with van der Waals surface area (Å²) in [6.07, 6.45) is -3.73. The number of rotatable bonds is 4. The van der Waals surface area contributed by atoms with Crippen LogP contribution in [0.2, 0.25) is 0 Å². The van der Waals surface area contributed by atoms with E-state index in [1.165, 1.54) is 0 Å². The summed E-state index contributed by atoms with van der Waals surface area (Å²) in [6.45, 7) is 3.20. The van der Waals surface area contributed by atoms with E-state index < -0.39 is 35.5 Å². The highest BCUT2D eigenvalue weighted by atomic mass is 19.4. The number of halogens is 3. The number of amides is 1. The molecular formula is C10H10F3N3O3. The van der Waals surface area contributed by atoms with Crippen molar-refractivity contribution in [2.45, 2.75) is 12.2 Å². The van der Waals surface area contributed by atoms with Gasteiger partial charge in [0.15, 0.2) is 5.69 Å². The van der Waals surface area contributed by atoms with Crippen molar-refractivity contribution in [3.63, 3.8) is 0 Å². The lowest BCUT2D eigenvalue weighted by Crippen LogP contribution is -2.39. The molecule has 0 bridgehead atoms. The lowest BCUT2D eigenvalue weighted by molar-refractivity contribution is -0.141. The maximum atomic E-state index is 12.4. The third-order valence-corrected chi connectivity index (χ3v) is 2.19. The minimum Gasteiger partial charge on any atom is -0.479 e. The molecule has 0 fully saturated rings. The highest BCUT2D eigenvalue weighted by molar-refractivity contribution is 5.95. The van der Waals surface area contributed by atoms with Crippen molar-refractivity contribution in [2.24, 2.45) is 7.05 Å². The van der Waals surface area contributed by atoms with E-state index in [1.807, 2.05) is 5.32 Å². The Hall–Kier alpha value is -2.32. The minimum atomic E-state index is -4.68. The van der Waals surface area contributed by atoms with Gasteiger partial charge < -0.3 is 10.4 Å². The molecule has 0 aromatic carbocycles. The number of alkyl halides is 3. The van der Waals surface area contributed by atoms with Crippen molar-refractivity contribution in [3.8, 4) is 0 Å². The molecule has 0 aliphatic heterocycles. The fourth-order valence-electron chi connectivity index (χ4n) is 1.25. The quantitative estimate of drug-likeness (QED) is 0.797. The van der Waals surface area contributed by atoms with E-state index in [0.29, 0.717) is 6.07 Å². The molecule has 1 aromatic heterocycles. The largest absolute Gasteiger partial charge is 0.479 e. The van der Waals surface area contributed by atoms with Crippen LogP contribution in [0.15, 0.2) is 18.7 Å². The number of hydrogen-bond donors (Lipinski definition) is 2. The van der Waals surface area contributed by atoms with Crippen molar-refractivity contribution < 1.29 is 27.9 Å². The van der Waals surface area contributed by atoms with E-state index in [4.69, 9.17) is 5.11 Å². The van der Waals surface area contributed by atoms with Crippen molar-refractivity contribution in [3.05, 3.63) is 30.1 Å². The van der Waals surface area contributed by atoms with Crippen molar-refractivity contribution in [2.75, 3.05) is 0 Å². The van der Waals surface area contributed by atoms with Crippen LogP contribution in [-0.4, -0.2) is 32.8 Å². The Kier molecular flexibility index (Phi) is 3.98. The second kappa shape index (κ2) is 5.12. The van der Waals surface area contributed by atoms with Gasteiger partial charge in [0.05, 0.1) is 0 Å². The molecule has 19 heavy (non-hydrogen) atoms. The Bertz CT molecular complexity index is 522.